The quantitative estimate of drug-likeness (QED) is 0.794. The molecule has 4 heteroatoms. The number of hydrogen-bond acceptors (Lipinski definition) is 3. The van der Waals surface area contributed by atoms with E-state index in [1.807, 2.05) is 11.8 Å². The van der Waals surface area contributed by atoms with Gasteiger partial charge < -0.3 is 10.6 Å². The van der Waals surface area contributed by atoms with Gasteiger partial charge in [-0.3, -0.25) is 4.79 Å². The van der Waals surface area contributed by atoms with Gasteiger partial charge >= 0.3 is 0 Å². The van der Waals surface area contributed by atoms with Crippen LogP contribution in [0.5, 0.6) is 0 Å². The highest BCUT2D eigenvalue weighted by atomic mass is 32.2. The summed E-state index contributed by atoms with van der Waals surface area (Å²) in [6.07, 6.45) is 4.42. The molecule has 0 radical (unpaired) electrons. The molecular weight excluding hydrogens is 220 g/mol. The Morgan fingerprint density at radius 3 is 2.38 bits per heavy atom. The topological polar surface area (TPSA) is 46.3 Å². The van der Waals surface area contributed by atoms with E-state index in [4.69, 9.17) is 5.73 Å². The first-order valence-corrected chi connectivity index (χ1v) is 7.53. The van der Waals surface area contributed by atoms with Crippen molar-refractivity contribution in [1.29, 1.82) is 0 Å². The highest BCUT2D eigenvalue weighted by Crippen LogP contribution is 2.29. The van der Waals surface area contributed by atoms with Crippen molar-refractivity contribution >= 4 is 17.7 Å². The Kier molecular flexibility index (Phi) is 4.53. The van der Waals surface area contributed by atoms with Gasteiger partial charge in [0.15, 0.2) is 0 Å². The van der Waals surface area contributed by atoms with Crippen molar-refractivity contribution in [2.24, 2.45) is 17.6 Å². The lowest BCUT2D eigenvalue weighted by molar-refractivity contribution is -0.136. The summed E-state index contributed by atoms with van der Waals surface area (Å²) in [4.78, 5) is 14.3. The highest BCUT2D eigenvalue weighted by molar-refractivity contribution is 7.99. The van der Waals surface area contributed by atoms with Crippen molar-refractivity contribution in [2.45, 2.75) is 25.7 Å². The Morgan fingerprint density at radius 1 is 1.19 bits per heavy atom. The largest absolute Gasteiger partial charge is 0.341 e. The van der Waals surface area contributed by atoms with Crippen LogP contribution in [0.4, 0.5) is 0 Å². The van der Waals surface area contributed by atoms with Crippen molar-refractivity contribution in [3.63, 3.8) is 0 Å². The van der Waals surface area contributed by atoms with Crippen molar-refractivity contribution in [1.82, 2.24) is 4.90 Å². The SMILES string of the molecule is NCC1CCC(C(=O)N2CCSCC2)CC1. The number of nitrogens with two attached hydrogens (primary N) is 1. The number of hydrogen-bond donors (Lipinski definition) is 1. The first-order valence-electron chi connectivity index (χ1n) is 6.38. The van der Waals surface area contributed by atoms with Crippen LogP contribution < -0.4 is 5.73 Å². The zero-order valence-electron chi connectivity index (χ0n) is 9.86. The minimum atomic E-state index is 0.297. The monoisotopic (exact) mass is 242 g/mol. The Bertz CT molecular complexity index is 233. The average molecular weight is 242 g/mol. The molecule has 0 aromatic heterocycles. The molecule has 1 saturated carbocycles. The van der Waals surface area contributed by atoms with E-state index in [-0.39, 0.29) is 0 Å². The van der Waals surface area contributed by atoms with Crippen LogP contribution >= 0.6 is 11.8 Å². The Morgan fingerprint density at radius 2 is 1.81 bits per heavy atom. The molecule has 0 atom stereocenters. The predicted molar refractivity (Wildman–Crippen MR) is 68.4 cm³/mol. The Hall–Kier alpha value is -0.220. The molecule has 1 saturated heterocycles. The Labute approximate surface area is 102 Å². The minimum absolute atomic E-state index is 0.297. The number of nitrogens with zero attached hydrogens (tertiary/aromatic N) is 1. The minimum Gasteiger partial charge on any atom is -0.341 e. The second-order valence-corrected chi connectivity index (χ2v) is 6.12. The molecule has 2 rings (SSSR count). The van der Waals surface area contributed by atoms with E-state index in [0.29, 0.717) is 17.7 Å². The summed E-state index contributed by atoms with van der Waals surface area (Å²) in [6.45, 7) is 2.71. The van der Waals surface area contributed by atoms with Gasteiger partial charge in [0.25, 0.3) is 0 Å². The van der Waals surface area contributed by atoms with Crippen LogP contribution in [-0.4, -0.2) is 41.9 Å². The maximum absolute atomic E-state index is 12.2. The molecule has 1 amide bonds. The molecule has 0 spiro atoms. The normalized spacial score (nSPS) is 31.4. The molecule has 2 fully saturated rings. The third kappa shape index (κ3) is 2.92. The molecule has 2 aliphatic rings. The summed E-state index contributed by atoms with van der Waals surface area (Å²) in [5.41, 5.74) is 5.67. The van der Waals surface area contributed by atoms with Gasteiger partial charge in [0, 0.05) is 30.5 Å². The van der Waals surface area contributed by atoms with E-state index in [1.165, 1.54) is 0 Å². The zero-order chi connectivity index (χ0) is 11.4. The lowest BCUT2D eigenvalue weighted by Crippen LogP contribution is -2.42. The smallest absolute Gasteiger partial charge is 0.225 e. The molecule has 1 aliphatic carbocycles. The van der Waals surface area contributed by atoms with Gasteiger partial charge in [-0.2, -0.15) is 11.8 Å². The van der Waals surface area contributed by atoms with Crippen molar-refractivity contribution in [3.05, 3.63) is 0 Å². The summed E-state index contributed by atoms with van der Waals surface area (Å²) >= 11 is 1.96. The van der Waals surface area contributed by atoms with E-state index < -0.39 is 0 Å². The summed E-state index contributed by atoms with van der Waals surface area (Å²) in [5.74, 6) is 3.61. The maximum Gasteiger partial charge on any atom is 0.225 e. The van der Waals surface area contributed by atoms with E-state index in [9.17, 15) is 4.79 Å². The molecule has 1 heterocycles. The zero-order valence-corrected chi connectivity index (χ0v) is 10.7. The second-order valence-electron chi connectivity index (χ2n) is 4.89. The summed E-state index contributed by atoms with van der Waals surface area (Å²) < 4.78 is 0. The van der Waals surface area contributed by atoms with Crippen LogP contribution in [-0.2, 0) is 4.79 Å². The molecule has 0 aromatic rings. The maximum atomic E-state index is 12.2. The number of amides is 1. The predicted octanol–water partition coefficient (Wildman–Crippen LogP) is 1.33. The molecule has 1 aliphatic heterocycles. The van der Waals surface area contributed by atoms with Gasteiger partial charge in [-0.1, -0.05) is 0 Å². The van der Waals surface area contributed by atoms with Gasteiger partial charge in [0.05, 0.1) is 0 Å². The van der Waals surface area contributed by atoms with E-state index >= 15 is 0 Å². The average Bonchev–Trinajstić information content (AvgIpc) is 2.39. The van der Waals surface area contributed by atoms with Gasteiger partial charge in [0.1, 0.15) is 0 Å². The van der Waals surface area contributed by atoms with Crippen LogP contribution in [0.15, 0.2) is 0 Å². The number of carbonyl (C=O) groups is 1. The fourth-order valence-corrected chi connectivity index (χ4v) is 3.59. The lowest BCUT2D eigenvalue weighted by atomic mass is 9.81. The Balaban J connectivity index is 1.81. The van der Waals surface area contributed by atoms with Gasteiger partial charge in [-0.15, -0.1) is 0 Å². The molecule has 92 valence electrons. The fourth-order valence-electron chi connectivity index (χ4n) is 2.69. The van der Waals surface area contributed by atoms with Gasteiger partial charge in [-0.25, -0.2) is 0 Å². The molecule has 0 aromatic carbocycles. The second kappa shape index (κ2) is 5.92. The molecule has 16 heavy (non-hydrogen) atoms. The lowest BCUT2D eigenvalue weighted by Gasteiger charge is -2.33. The van der Waals surface area contributed by atoms with E-state index in [1.54, 1.807) is 0 Å². The van der Waals surface area contributed by atoms with Crippen LogP contribution in [0, 0.1) is 11.8 Å². The number of carbonyl (C=O) groups excluding carboxylic acids is 1. The third-order valence-corrected chi connectivity index (χ3v) is 4.79. The summed E-state index contributed by atoms with van der Waals surface area (Å²) in [6, 6.07) is 0. The van der Waals surface area contributed by atoms with Crippen molar-refractivity contribution < 1.29 is 4.79 Å². The first kappa shape index (κ1) is 12.2. The number of rotatable bonds is 2. The van der Waals surface area contributed by atoms with Crippen LogP contribution in [0.3, 0.4) is 0 Å². The number of thioether (sulfide) groups is 1. The molecular formula is C12H22N2OS. The molecule has 0 unspecified atom stereocenters. The van der Waals surface area contributed by atoms with Crippen molar-refractivity contribution in [3.8, 4) is 0 Å². The first-order chi connectivity index (χ1) is 7.81. The van der Waals surface area contributed by atoms with E-state index in [0.717, 1.165) is 56.8 Å². The summed E-state index contributed by atoms with van der Waals surface area (Å²) in [7, 11) is 0. The standard InChI is InChI=1S/C12H22N2OS/c13-9-10-1-3-11(4-2-10)12(15)14-5-7-16-8-6-14/h10-11H,1-9,13H2. The summed E-state index contributed by atoms with van der Waals surface area (Å²) in [5, 5.41) is 0. The van der Waals surface area contributed by atoms with Gasteiger partial charge in [-0.05, 0) is 38.1 Å². The van der Waals surface area contributed by atoms with Crippen LogP contribution in [0.1, 0.15) is 25.7 Å². The van der Waals surface area contributed by atoms with E-state index in [2.05, 4.69) is 4.90 Å². The van der Waals surface area contributed by atoms with Crippen LogP contribution in [0.25, 0.3) is 0 Å². The van der Waals surface area contributed by atoms with Crippen LogP contribution in [0.2, 0.25) is 0 Å². The molecule has 0 bridgehead atoms. The highest BCUT2D eigenvalue weighted by Gasteiger charge is 2.29. The fraction of sp³-hybridized carbons (Fsp3) is 0.917. The van der Waals surface area contributed by atoms with Crippen molar-refractivity contribution in [2.75, 3.05) is 31.1 Å². The van der Waals surface area contributed by atoms with Gasteiger partial charge in [0.2, 0.25) is 5.91 Å². The molecule has 3 nitrogen and oxygen atoms in total. The third-order valence-electron chi connectivity index (χ3n) is 3.85. The molecule has 2 N–H and O–H groups in total.